The van der Waals surface area contributed by atoms with Gasteiger partial charge in [0.15, 0.2) is 5.11 Å². The lowest BCUT2D eigenvalue weighted by molar-refractivity contribution is 0.436. The zero-order chi connectivity index (χ0) is 20.1. The maximum absolute atomic E-state index is 5.58. The van der Waals surface area contributed by atoms with Gasteiger partial charge in [-0.3, -0.25) is 0 Å². The van der Waals surface area contributed by atoms with E-state index in [1.165, 1.54) is 64.2 Å². The van der Waals surface area contributed by atoms with Gasteiger partial charge in [0.1, 0.15) is 11.6 Å². The maximum Gasteiger partial charge on any atom is 0.232 e. The van der Waals surface area contributed by atoms with E-state index in [1.54, 1.807) is 0 Å². The average Bonchev–Trinajstić information content (AvgIpc) is 3.07. The fraction of sp³-hybridized carbons (Fsp3) is 0.773. The molecule has 0 radical (unpaired) electrons. The number of aromatic nitrogens is 2. The number of anilines is 3. The summed E-state index contributed by atoms with van der Waals surface area (Å²) in [6.07, 6.45) is 12.6. The molecule has 1 aromatic heterocycles. The van der Waals surface area contributed by atoms with Gasteiger partial charge in [0.05, 0.1) is 0 Å². The quantitative estimate of drug-likeness (QED) is 0.709. The number of nitrogens with zero attached hydrogens (tertiary/aromatic N) is 4. The van der Waals surface area contributed by atoms with Gasteiger partial charge < -0.3 is 20.4 Å². The molecular weight excluding hydrogens is 380 g/mol. The first kappa shape index (κ1) is 20.6. The van der Waals surface area contributed by atoms with Gasteiger partial charge in [-0.2, -0.15) is 9.97 Å². The highest BCUT2D eigenvalue weighted by molar-refractivity contribution is 7.80. The third-order valence-electron chi connectivity index (χ3n) is 6.65. The molecule has 0 amide bonds. The minimum Gasteiger partial charge on any atom is -0.360 e. The molecule has 4 rings (SSSR count). The van der Waals surface area contributed by atoms with E-state index in [4.69, 9.17) is 22.2 Å². The van der Waals surface area contributed by atoms with Crippen molar-refractivity contribution >= 4 is 34.9 Å². The molecule has 0 aromatic carbocycles. The Morgan fingerprint density at radius 1 is 0.862 bits per heavy atom. The molecule has 2 saturated heterocycles. The molecule has 3 heterocycles. The number of rotatable bonds is 4. The van der Waals surface area contributed by atoms with Crippen LogP contribution in [0.4, 0.5) is 17.6 Å². The molecule has 1 saturated carbocycles. The molecule has 3 fully saturated rings. The molecule has 3 aliphatic rings. The molecule has 2 N–H and O–H groups in total. The molecule has 6 nitrogen and oxygen atoms in total. The Labute approximate surface area is 180 Å². The second kappa shape index (κ2) is 9.92. The van der Waals surface area contributed by atoms with E-state index < -0.39 is 0 Å². The summed E-state index contributed by atoms with van der Waals surface area (Å²) in [6.45, 7) is 6.65. The normalized spacial score (nSPS) is 21.8. The van der Waals surface area contributed by atoms with Crippen LogP contribution in [-0.4, -0.2) is 47.3 Å². The van der Waals surface area contributed by atoms with Crippen molar-refractivity contribution in [2.24, 2.45) is 5.92 Å². The summed E-state index contributed by atoms with van der Waals surface area (Å²) < 4.78 is 0. The van der Waals surface area contributed by atoms with Crippen LogP contribution >= 0.6 is 12.2 Å². The van der Waals surface area contributed by atoms with E-state index in [0.29, 0.717) is 17.1 Å². The zero-order valence-electron chi connectivity index (χ0n) is 17.8. The van der Waals surface area contributed by atoms with Crippen molar-refractivity contribution in [1.82, 2.24) is 15.3 Å². The predicted octanol–water partition coefficient (Wildman–Crippen LogP) is 4.32. The van der Waals surface area contributed by atoms with Crippen LogP contribution in [0.5, 0.6) is 0 Å². The Kier molecular flexibility index (Phi) is 7.06. The summed E-state index contributed by atoms with van der Waals surface area (Å²) in [6, 6.07) is 2.69. The Morgan fingerprint density at radius 2 is 1.45 bits per heavy atom. The SMILES string of the molecule is CC1CCN(c2cc(N3CCCCCC3)nc(NC(=S)NC3CCCC3)n2)CC1. The van der Waals surface area contributed by atoms with Gasteiger partial charge in [-0.15, -0.1) is 0 Å². The van der Waals surface area contributed by atoms with Crippen LogP contribution in [0.25, 0.3) is 0 Å². The monoisotopic (exact) mass is 416 g/mol. The number of nitrogens with one attached hydrogen (secondary N) is 2. The maximum atomic E-state index is 5.58. The van der Waals surface area contributed by atoms with Crippen LogP contribution in [-0.2, 0) is 0 Å². The lowest BCUT2D eigenvalue weighted by atomic mass is 9.99. The van der Waals surface area contributed by atoms with Crippen molar-refractivity contribution in [2.75, 3.05) is 41.3 Å². The molecule has 1 aliphatic carbocycles. The highest BCUT2D eigenvalue weighted by Gasteiger charge is 2.21. The first-order chi connectivity index (χ1) is 14.2. The van der Waals surface area contributed by atoms with E-state index in [-0.39, 0.29) is 0 Å². The molecule has 1 aromatic rings. The smallest absolute Gasteiger partial charge is 0.232 e. The summed E-state index contributed by atoms with van der Waals surface area (Å²) in [5, 5.41) is 7.41. The fourth-order valence-electron chi connectivity index (χ4n) is 4.73. The van der Waals surface area contributed by atoms with Gasteiger partial charge in [-0.25, -0.2) is 0 Å². The molecule has 160 valence electrons. The van der Waals surface area contributed by atoms with Crippen molar-refractivity contribution in [3.63, 3.8) is 0 Å². The number of thiocarbonyl (C=S) groups is 1. The fourth-order valence-corrected chi connectivity index (χ4v) is 4.99. The summed E-state index contributed by atoms with van der Waals surface area (Å²) in [5.74, 6) is 3.52. The van der Waals surface area contributed by atoms with Gasteiger partial charge in [-0.1, -0.05) is 32.6 Å². The van der Waals surface area contributed by atoms with E-state index in [9.17, 15) is 0 Å². The van der Waals surface area contributed by atoms with Gasteiger partial charge in [0, 0.05) is 38.3 Å². The third-order valence-corrected chi connectivity index (χ3v) is 6.87. The molecule has 0 unspecified atom stereocenters. The van der Waals surface area contributed by atoms with Crippen LogP contribution < -0.4 is 20.4 Å². The minimum absolute atomic E-state index is 0.492. The molecule has 29 heavy (non-hydrogen) atoms. The Morgan fingerprint density at radius 3 is 2.07 bits per heavy atom. The van der Waals surface area contributed by atoms with Crippen molar-refractivity contribution in [1.29, 1.82) is 0 Å². The first-order valence-electron chi connectivity index (χ1n) is 11.6. The Balaban J connectivity index is 1.52. The molecular formula is C22H36N6S. The van der Waals surface area contributed by atoms with E-state index in [2.05, 4.69) is 33.4 Å². The molecule has 0 bridgehead atoms. The van der Waals surface area contributed by atoms with Crippen LogP contribution in [0.2, 0.25) is 0 Å². The lowest BCUT2D eigenvalue weighted by Crippen LogP contribution is -2.37. The largest absolute Gasteiger partial charge is 0.360 e. The standard InChI is InChI=1S/C22H36N6S/c1-17-10-14-28(15-11-17)20-16-19(27-12-6-2-3-7-13-27)24-21(25-20)26-22(29)23-18-8-4-5-9-18/h16-18H,2-15H2,1H3,(H2,23,24,25,26,29). The summed E-state index contributed by atoms with van der Waals surface area (Å²) in [7, 11) is 0. The lowest BCUT2D eigenvalue weighted by Gasteiger charge is -2.32. The topological polar surface area (TPSA) is 56.3 Å². The minimum atomic E-state index is 0.492. The number of piperidine rings is 1. The van der Waals surface area contributed by atoms with Gasteiger partial charge in [0.2, 0.25) is 5.95 Å². The highest BCUT2D eigenvalue weighted by Crippen LogP contribution is 2.27. The van der Waals surface area contributed by atoms with Gasteiger partial charge in [0.25, 0.3) is 0 Å². The van der Waals surface area contributed by atoms with Crippen LogP contribution in [0, 0.1) is 5.92 Å². The van der Waals surface area contributed by atoms with Gasteiger partial charge >= 0.3 is 0 Å². The summed E-state index contributed by atoms with van der Waals surface area (Å²) in [5.41, 5.74) is 0. The van der Waals surface area contributed by atoms with E-state index in [0.717, 1.165) is 43.7 Å². The Hall–Kier alpha value is -1.63. The van der Waals surface area contributed by atoms with E-state index in [1.807, 2.05) is 0 Å². The van der Waals surface area contributed by atoms with Crippen molar-refractivity contribution in [3.8, 4) is 0 Å². The zero-order valence-corrected chi connectivity index (χ0v) is 18.6. The number of hydrogen-bond donors (Lipinski definition) is 2. The van der Waals surface area contributed by atoms with Crippen molar-refractivity contribution in [3.05, 3.63) is 6.07 Å². The van der Waals surface area contributed by atoms with Crippen LogP contribution in [0.3, 0.4) is 0 Å². The van der Waals surface area contributed by atoms with Crippen LogP contribution in [0.15, 0.2) is 6.07 Å². The third kappa shape index (κ3) is 5.71. The second-order valence-corrected chi connectivity index (χ2v) is 9.47. The predicted molar refractivity (Wildman–Crippen MR) is 125 cm³/mol. The van der Waals surface area contributed by atoms with Crippen molar-refractivity contribution in [2.45, 2.75) is 77.2 Å². The second-order valence-electron chi connectivity index (χ2n) is 9.06. The summed E-state index contributed by atoms with van der Waals surface area (Å²) >= 11 is 5.58. The van der Waals surface area contributed by atoms with Crippen LogP contribution in [0.1, 0.15) is 71.1 Å². The first-order valence-corrected chi connectivity index (χ1v) is 12.0. The Bertz CT molecular complexity index is 674. The van der Waals surface area contributed by atoms with Crippen molar-refractivity contribution < 1.29 is 0 Å². The van der Waals surface area contributed by atoms with Gasteiger partial charge in [-0.05, 0) is 56.7 Å². The summed E-state index contributed by atoms with van der Waals surface area (Å²) in [4.78, 5) is 14.6. The molecule has 2 aliphatic heterocycles. The molecule has 0 atom stereocenters. The molecule has 7 heteroatoms. The molecule has 0 spiro atoms. The average molecular weight is 417 g/mol. The highest BCUT2D eigenvalue weighted by atomic mass is 32.1. The van der Waals surface area contributed by atoms with E-state index >= 15 is 0 Å². The number of hydrogen-bond acceptors (Lipinski definition) is 5.